The maximum atomic E-state index is 12.6. The summed E-state index contributed by atoms with van der Waals surface area (Å²) in [4.78, 5) is 24.6. The lowest BCUT2D eigenvalue weighted by molar-refractivity contribution is -0.918. The van der Waals surface area contributed by atoms with Gasteiger partial charge in [0.15, 0.2) is 0 Å². The topological polar surface area (TPSA) is 85.9 Å². The molecule has 1 saturated heterocycles. The van der Waals surface area contributed by atoms with Gasteiger partial charge in [-0.2, -0.15) is 0 Å². The number of benzene rings is 2. The minimum atomic E-state index is -0.512. The molecule has 0 unspecified atom stereocenters. The van der Waals surface area contributed by atoms with Gasteiger partial charge in [-0.15, -0.1) is 0 Å². The van der Waals surface area contributed by atoms with E-state index in [0.29, 0.717) is 5.75 Å². The zero-order chi connectivity index (χ0) is 19.2. The molecule has 0 aliphatic carbocycles. The molecule has 0 bridgehead atoms. The van der Waals surface area contributed by atoms with Crippen LogP contribution in [0.15, 0.2) is 48.5 Å². The Morgan fingerprint density at radius 3 is 2.56 bits per heavy atom. The standard InChI is InChI=1S/C20H23N3O4/c1-27-19-8-7-17(23(25)26)13-18(19)20(24)21-16-9-11-22(12-10-16)14-15-5-3-2-4-6-15/h2-8,13,16H,9-12,14H2,1H3,(H,21,24)/p+1. The lowest BCUT2D eigenvalue weighted by Gasteiger charge is -2.30. The molecule has 1 aliphatic heterocycles. The minimum absolute atomic E-state index is 0.0704. The van der Waals surface area contributed by atoms with E-state index in [0.717, 1.165) is 32.5 Å². The fraction of sp³-hybridized carbons (Fsp3) is 0.350. The van der Waals surface area contributed by atoms with Gasteiger partial charge >= 0.3 is 0 Å². The normalized spacial score (nSPS) is 19.3. The summed E-state index contributed by atoms with van der Waals surface area (Å²) in [6.45, 7) is 2.94. The van der Waals surface area contributed by atoms with Gasteiger partial charge in [-0.05, 0) is 6.07 Å². The van der Waals surface area contributed by atoms with Crippen molar-refractivity contribution in [3.05, 3.63) is 69.8 Å². The molecule has 1 amide bonds. The third-order valence-electron chi connectivity index (χ3n) is 4.96. The Bertz CT molecular complexity index is 802. The predicted octanol–water partition coefficient (Wildman–Crippen LogP) is 1.58. The quantitative estimate of drug-likeness (QED) is 0.597. The molecule has 2 aromatic carbocycles. The van der Waals surface area contributed by atoms with E-state index in [2.05, 4.69) is 17.4 Å². The van der Waals surface area contributed by atoms with Crippen LogP contribution in [0.5, 0.6) is 5.75 Å². The first-order chi connectivity index (χ1) is 13.1. The second-order valence-electron chi connectivity index (χ2n) is 6.80. The molecule has 142 valence electrons. The maximum absolute atomic E-state index is 12.6. The molecule has 0 spiro atoms. The largest absolute Gasteiger partial charge is 0.496 e. The average molecular weight is 370 g/mol. The number of piperidine rings is 1. The van der Waals surface area contributed by atoms with E-state index < -0.39 is 4.92 Å². The van der Waals surface area contributed by atoms with Crippen LogP contribution in [0, 0.1) is 10.1 Å². The van der Waals surface area contributed by atoms with Crippen molar-refractivity contribution in [2.45, 2.75) is 25.4 Å². The number of hydrogen-bond donors (Lipinski definition) is 2. The van der Waals surface area contributed by atoms with Crippen molar-refractivity contribution in [2.75, 3.05) is 20.2 Å². The van der Waals surface area contributed by atoms with Crippen LogP contribution < -0.4 is 15.0 Å². The van der Waals surface area contributed by atoms with Gasteiger partial charge in [-0.25, -0.2) is 0 Å². The van der Waals surface area contributed by atoms with Crippen LogP contribution in [0.1, 0.15) is 28.8 Å². The molecule has 2 aromatic rings. The number of likely N-dealkylation sites (tertiary alicyclic amines) is 1. The van der Waals surface area contributed by atoms with Crippen molar-refractivity contribution in [3.8, 4) is 5.75 Å². The van der Waals surface area contributed by atoms with E-state index in [9.17, 15) is 14.9 Å². The number of nitro groups is 1. The highest BCUT2D eigenvalue weighted by Crippen LogP contribution is 2.24. The Labute approximate surface area is 158 Å². The fourth-order valence-electron chi connectivity index (χ4n) is 3.48. The van der Waals surface area contributed by atoms with Crippen molar-refractivity contribution in [3.63, 3.8) is 0 Å². The number of amides is 1. The molecular weight excluding hydrogens is 346 g/mol. The highest BCUT2D eigenvalue weighted by Gasteiger charge is 2.25. The lowest BCUT2D eigenvalue weighted by atomic mass is 10.0. The number of rotatable bonds is 6. The number of ether oxygens (including phenoxy) is 1. The van der Waals surface area contributed by atoms with E-state index >= 15 is 0 Å². The number of carbonyl (C=O) groups is 1. The molecule has 1 aliphatic rings. The summed E-state index contributed by atoms with van der Waals surface area (Å²) in [5.74, 6) is 0.0114. The maximum Gasteiger partial charge on any atom is 0.270 e. The number of nitrogens with one attached hydrogen (secondary N) is 2. The molecule has 0 atom stereocenters. The number of non-ortho nitro benzene ring substituents is 1. The first-order valence-corrected chi connectivity index (χ1v) is 9.07. The van der Waals surface area contributed by atoms with Crippen LogP contribution in [-0.4, -0.2) is 37.1 Å². The summed E-state index contributed by atoms with van der Waals surface area (Å²) < 4.78 is 5.19. The zero-order valence-electron chi connectivity index (χ0n) is 15.3. The summed E-state index contributed by atoms with van der Waals surface area (Å²) in [6, 6.07) is 14.5. The minimum Gasteiger partial charge on any atom is -0.496 e. The number of carbonyl (C=O) groups excluding carboxylic acids is 1. The van der Waals surface area contributed by atoms with Gasteiger partial charge in [0.1, 0.15) is 12.3 Å². The second-order valence-corrected chi connectivity index (χ2v) is 6.80. The highest BCUT2D eigenvalue weighted by molar-refractivity contribution is 5.97. The van der Waals surface area contributed by atoms with Crippen LogP contribution >= 0.6 is 0 Å². The summed E-state index contributed by atoms with van der Waals surface area (Å²) >= 11 is 0. The first kappa shape index (κ1) is 18.8. The SMILES string of the molecule is COc1ccc([N+](=O)[O-])cc1C(=O)NC1CC[NH+](Cc2ccccc2)CC1. The lowest BCUT2D eigenvalue weighted by Crippen LogP contribution is -3.12. The molecule has 7 heteroatoms. The van der Waals surface area contributed by atoms with Crippen molar-refractivity contribution >= 4 is 11.6 Å². The Hall–Kier alpha value is -2.93. The second kappa shape index (κ2) is 8.64. The van der Waals surface area contributed by atoms with Crippen molar-refractivity contribution in [2.24, 2.45) is 0 Å². The molecule has 2 N–H and O–H groups in total. The van der Waals surface area contributed by atoms with E-state index in [4.69, 9.17) is 4.74 Å². The van der Waals surface area contributed by atoms with Crippen molar-refractivity contribution in [1.82, 2.24) is 5.32 Å². The molecule has 0 radical (unpaired) electrons. The van der Waals surface area contributed by atoms with Crippen molar-refractivity contribution in [1.29, 1.82) is 0 Å². The molecule has 7 nitrogen and oxygen atoms in total. The van der Waals surface area contributed by atoms with Gasteiger partial charge in [-0.3, -0.25) is 14.9 Å². The van der Waals surface area contributed by atoms with E-state index in [1.807, 2.05) is 18.2 Å². The average Bonchev–Trinajstić information content (AvgIpc) is 2.69. The molecule has 1 fully saturated rings. The van der Waals surface area contributed by atoms with Crippen LogP contribution in [0.2, 0.25) is 0 Å². The molecule has 3 rings (SSSR count). The number of nitrogens with zero attached hydrogens (tertiary/aromatic N) is 1. The van der Waals surface area contributed by atoms with Gasteiger partial charge in [0.2, 0.25) is 0 Å². The van der Waals surface area contributed by atoms with Crippen LogP contribution in [0.4, 0.5) is 5.69 Å². The van der Waals surface area contributed by atoms with Gasteiger partial charge < -0.3 is 15.0 Å². The summed E-state index contributed by atoms with van der Waals surface area (Å²) in [5.41, 5.74) is 1.39. The van der Waals surface area contributed by atoms with E-state index in [1.54, 1.807) is 0 Å². The Morgan fingerprint density at radius 1 is 1.22 bits per heavy atom. The van der Waals surface area contributed by atoms with Gasteiger partial charge in [0, 0.05) is 36.6 Å². The summed E-state index contributed by atoms with van der Waals surface area (Å²) in [7, 11) is 1.45. The molecule has 0 saturated carbocycles. The van der Waals surface area contributed by atoms with Crippen LogP contribution in [0.3, 0.4) is 0 Å². The van der Waals surface area contributed by atoms with Gasteiger partial charge in [0.05, 0.1) is 30.7 Å². The number of nitro benzene ring substituents is 1. The third kappa shape index (κ3) is 4.83. The van der Waals surface area contributed by atoms with E-state index in [1.165, 1.54) is 35.8 Å². The first-order valence-electron chi connectivity index (χ1n) is 9.07. The number of methoxy groups -OCH3 is 1. The Balaban J connectivity index is 1.58. The van der Waals surface area contributed by atoms with E-state index in [-0.39, 0.29) is 23.2 Å². The Kier molecular flexibility index (Phi) is 6.03. The van der Waals surface area contributed by atoms with Gasteiger partial charge in [-0.1, -0.05) is 30.3 Å². The summed E-state index contributed by atoms with van der Waals surface area (Å²) in [6.07, 6.45) is 1.76. The molecule has 27 heavy (non-hydrogen) atoms. The molecule has 0 aromatic heterocycles. The highest BCUT2D eigenvalue weighted by atomic mass is 16.6. The zero-order valence-corrected chi connectivity index (χ0v) is 15.3. The smallest absolute Gasteiger partial charge is 0.270 e. The molecule has 1 heterocycles. The van der Waals surface area contributed by atoms with Crippen molar-refractivity contribution < 1.29 is 19.4 Å². The third-order valence-corrected chi connectivity index (χ3v) is 4.96. The fourth-order valence-corrected chi connectivity index (χ4v) is 3.48. The van der Waals surface area contributed by atoms with Crippen LogP contribution in [0.25, 0.3) is 0 Å². The number of hydrogen-bond acceptors (Lipinski definition) is 4. The Morgan fingerprint density at radius 2 is 1.93 bits per heavy atom. The molecular formula is C20H24N3O4+. The monoisotopic (exact) mass is 370 g/mol. The van der Waals surface area contributed by atoms with Crippen LogP contribution in [-0.2, 0) is 6.54 Å². The number of quaternary nitrogens is 1. The predicted molar refractivity (Wildman–Crippen MR) is 101 cm³/mol. The summed E-state index contributed by atoms with van der Waals surface area (Å²) in [5, 5.41) is 14.0. The van der Waals surface area contributed by atoms with Gasteiger partial charge in [0.25, 0.3) is 11.6 Å².